The van der Waals surface area contributed by atoms with E-state index in [0.717, 1.165) is 18.0 Å². The molecule has 0 atom stereocenters. The average Bonchev–Trinajstić information content (AvgIpc) is 2.71. The summed E-state index contributed by atoms with van der Waals surface area (Å²) in [6.45, 7) is 4.36. The van der Waals surface area contributed by atoms with Gasteiger partial charge in [-0.3, -0.25) is 4.79 Å². The van der Waals surface area contributed by atoms with Crippen molar-refractivity contribution in [1.82, 2.24) is 20.1 Å². The van der Waals surface area contributed by atoms with Crippen molar-refractivity contribution in [3.8, 4) is 0 Å². The minimum Gasteiger partial charge on any atom is -0.353 e. The molecule has 1 heterocycles. The van der Waals surface area contributed by atoms with Crippen molar-refractivity contribution in [2.75, 3.05) is 5.75 Å². The van der Waals surface area contributed by atoms with Gasteiger partial charge in [0.1, 0.15) is 6.33 Å². The predicted molar refractivity (Wildman–Crippen MR) is 80.6 cm³/mol. The summed E-state index contributed by atoms with van der Waals surface area (Å²) < 4.78 is 1.89. The lowest BCUT2D eigenvalue weighted by Gasteiger charge is -2.15. The molecule has 0 aliphatic heterocycles. The van der Waals surface area contributed by atoms with Gasteiger partial charge in [-0.1, -0.05) is 43.5 Å². The minimum absolute atomic E-state index is 0.0926. The zero-order chi connectivity index (χ0) is 14.2. The SMILES string of the molecule is C=CCn1cnnc1SCC(=O)NC1CCCCCC1. The van der Waals surface area contributed by atoms with Gasteiger partial charge in [-0.2, -0.15) is 0 Å². The first-order valence-electron chi connectivity index (χ1n) is 7.20. The Morgan fingerprint density at radius 1 is 1.45 bits per heavy atom. The van der Waals surface area contributed by atoms with E-state index in [0.29, 0.717) is 18.3 Å². The molecule has 1 aliphatic carbocycles. The van der Waals surface area contributed by atoms with E-state index in [9.17, 15) is 4.79 Å². The van der Waals surface area contributed by atoms with Crippen molar-refractivity contribution in [1.29, 1.82) is 0 Å². The second kappa shape index (κ2) is 8.09. The van der Waals surface area contributed by atoms with E-state index in [1.54, 1.807) is 12.4 Å². The molecule has 0 saturated heterocycles. The molecule has 0 spiro atoms. The number of amides is 1. The summed E-state index contributed by atoms with van der Waals surface area (Å²) in [4.78, 5) is 12.0. The van der Waals surface area contributed by atoms with Gasteiger partial charge in [-0.05, 0) is 12.8 Å². The van der Waals surface area contributed by atoms with Crippen LogP contribution in [0, 0.1) is 0 Å². The number of thioether (sulfide) groups is 1. The highest BCUT2D eigenvalue weighted by Gasteiger charge is 2.15. The second-order valence-electron chi connectivity index (χ2n) is 5.10. The quantitative estimate of drug-likeness (QED) is 0.497. The van der Waals surface area contributed by atoms with Crippen LogP contribution >= 0.6 is 11.8 Å². The Morgan fingerprint density at radius 2 is 2.20 bits per heavy atom. The Balaban J connectivity index is 1.76. The fraction of sp³-hybridized carbons (Fsp3) is 0.643. The normalized spacial score (nSPS) is 16.6. The lowest BCUT2D eigenvalue weighted by Crippen LogP contribution is -2.35. The fourth-order valence-electron chi connectivity index (χ4n) is 2.44. The van der Waals surface area contributed by atoms with Crippen LogP contribution in [0.15, 0.2) is 24.1 Å². The van der Waals surface area contributed by atoms with Crippen LogP contribution in [0.3, 0.4) is 0 Å². The molecule has 2 rings (SSSR count). The van der Waals surface area contributed by atoms with Crippen LogP contribution in [-0.4, -0.2) is 32.5 Å². The van der Waals surface area contributed by atoms with Gasteiger partial charge < -0.3 is 9.88 Å². The standard InChI is InChI=1S/C14H22N4OS/c1-2-9-18-11-15-17-14(18)20-10-13(19)16-12-7-5-3-4-6-8-12/h2,11-12H,1,3-10H2,(H,16,19). The summed E-state index contributed by atoms with van der Waals surface area (Å²) in [6, 6.07) is 0.358. The highest BCUT2D eigenvalue weighted by atomic mass is 32.2. The van der Waals surface area contributed by atoms with Crippen molar-refractivity contribution in [3.05, 3.63) is 19.0 Å². The monoisotopic (exact) mass is 294 g/mol. The maximum Gasteiger partial charge on any atom is 0.230 e. The third kappa shape index (κ3) is 4.67. The maximum absolute atomic E-state index is 12.0. The molecule has 110 valence electrons. The van der Waals surface area contributed by atoms with E-state index >= 15 is 0 Å². The molecule has 1 fully saturated rings. The number of carbonyl (C=O) groups is 1. The Morgan fingerprint density at radius 3 is 2.90 bits per heavy atom. The molecule has 1 aromatic heterocycles. The van der Waals surface area contributed by atoms with Crippen LogP contribution in [0.5, 0.6) is 0 Å². The summed E-state index contributed by atoms with van der Waals surface area (Å²) in [6.07, 6.45) is 10.7. The molecule has 0 aromatic carbocycles. The van der Waals surface area contributed by atoms with E-state index in [1.165, 1.54) is 37.4 Å². The van der Waals surface area contributed by atoms with E-state index in [2.05, 4.69) is 22.1 Å². The number of allylic oxidation sites excluding steroid dienone is 1. The van der Waals surface area contributed by atoms with E-state index < -0.39 is 0 Å². The van der Waals surface area contributed by atoms with Crippen LogP contribution in [0.25, 0.3) is 0 Å². The average molecular weight is 294 g/mol. The Hall–Kier alpha value is -1.30. The van der Waals surface area contributed by atoms with Crippen LogP contribution in [0.4, 0.5) is 0 Å². The molecule has 0 unspecified atom stereocenters. The number of aromatic nitrogens is 3. The lowest BCUT2D eigenvalue weighted by atomic mass is 10.1. The third-order valence-corrected chi connectivity index (χ3v) is 4.44. The van der Waals surface area contributed by atoms with Crippen LogP contribution in [0.2, 0.25) is 0 Å². The highest BCUT2D eigenvalue weighted by Crippen LogP contribution is 2.18. The Kier molecular flexibility index (Phi) is 6.11. The second-order valence-corrected chi connectivity index (χ2v) is 6.04. The summed E-state index contributed by atoms with van der Waals surface area (Å²) in [5, 5.41) is 11.8. The molecule has 6 heteroatoms. The molecule has 1 amide bonds. The summed E-state index contributed by atoms with van der Waals surface area (Å²) >= 11 is 1.43. The number of hydrogen-bond acceptors (Lipinski definition) is 4. The van der Waals surface area contributed by atoms with Crippen molar-refractivity contribution in [2.45, 2.75) is 56.3 Å². The molecule has 0 radical (unpaired) electrons. The van der Waals surface area contributed by atoms with Gasteiger partial charge in [-0.15, -0.1) is 16.8 Å². The fourth-order valence-corrected chi connectivity index (χ4v) is 3.18. The van der Waals surface area contributed by atoms with Crippen molar-refractivity contribution in [3.63, 3.8) is 0 Å². The molecular formula is C14H22N4OS. The molecule has 1 aromatic rings. The Bertz CT molecular complexity index is 438. The van der Waals surface area contributed by atoms with Gasteiger partial charge in [0.15, 0.2) is 5.16 Å². The molecule has 1 saturated carbocycles. The van der Waals surface area contributed by atoms with Gasteiger partial charge >= 0.3 is 0 Å². The van der Waals surface area contributed by atoms with E-state index in [1.807, 2.05) is 4.57 Å². The number of nitrogens with zero attached hydrogens (tertiary/aromatic N) is 3. The number of nitrogens with one attached hydrogen (secondary N) is 1. The first-order valence-corrected chi connectivity index (χ1v) is 8.19. The largest absolute Gasteiger partial charge is 0.353 e. The summed E-state index contributed by atoms with van der Waals surface area (Å²) in [5.41, 5.74) is 0. The molecule has 0 bridgehead atoms. The maximum atomic E-state index is 12.0. The highest BCUT2D eigenvalue weighted by molar-refractivity contribution is 7.99. The van der Waals surface area contributed by atoms with Gasteiger partial charge in [0.25, 0.3) is 0 Å². The summed E-state index contributed by atoms with van der Waals surface area (Å²) in [7, 11) is 0. The summed E-state index contributed by atoms with van der Waals surface area (Å²) in [5.74, 6) is 0.488. The molecule has 5 nitrogen and oxygen atoms in total. The number of carbonyl (C=O) groups excluding carboxylic acids is 1. The van der Waals surface area contributed by atoms with Crippen molar-refractivity contribution < 1.29 is 4.79 Å². The van der Waals surface area contributed by atoms with Crippen LogP contribution in [-0.2, 0) is 11.3 Å². The zero-order valence-electron chi connectivity index (χ0n) is 11.8. The van der Waals surface area contributed by atoms with Crippen LogP contribution < -0.4 is 5.32 Å². The third-order valence-electron chi connectivity index (χ3n) is 3.46. The van der Waals surface area contributed by atoms with Crippen molar-refractivity contribution >= 4 is 17.7 Å². The van der Waals surface area contributed by atoms with Crippen LogP contribution in [0.1, 0.15) is 38.5 Å². The van der Waals surface area contributed by atoms with Gasteiger partial charge in [0, 0.05) is 12.6 Å². The topological polar surface area (TPSA) is 59.8 Å². The number of rotatable bonds is 6. The van der Waals surface area contributed by atoms with Crippen molar-refractivity contribution in [2.24, 2.45) is 0 Å². The lowest BCUT2D eigenvalue weighted by molar-refractivity contribution is -0.119. The van der Waals surface area contributed by atoms with Gasteiger partial charge in [0.05, 0.1) is 5.75 Å². The minimum atomic E-state index is 0.0926. The first-order chi connectivity index (χ1) is 9.79. The van der Waals surface area contributed by atoms with E-state index in [-0.39, 0.29) is 5.91 Å². The smallest absolute Gasteiger partial charge is 0.230 e. The molecule has 20 heavy (non-hydrogen) atoms. The van der Waals surface area contributed by atoms with Gasteiger partial charge in [-0.25, -0.2) is 0 Å². The number of hydrogen-bond donors (Lipinski definition) is 1. The van der Waals surface area contributed by atoms with Gasteiger partial charge in [0.2, 0.25) is 5.91 Å². The van der Waals surface area contributed by atoms with E-state index in [4.69, 9.17) is 0 Å². The Labute approximate surface area is 124 Å². The molecular weight excluding hydrogens is 272 g/mol. The predicted octanol–water partition coefficient (Wildman–Crippen LogP) is 2.40. The molecule has 1 aliphatic rings. The first kappa shape index (κ1) is 15.1. The molecule has 1 N–H and O–H groups in total. The zero-order valence-corrected chi connectivity index (χ0v) is 12.6.